The van der Waals surface area contributed by atoms with Crippen molar-refractivity contribution in [1.82, 2.24) is 0 Å². The van der Waals surface area contributed by atoms with E-state index in [1.165, 1.54) is 24.3 Å². The normalized spacial score (nSPS) is 10.2. The van der Waals surface area contributed by atoms with Crippen LogP contribution in [0.5, 0.6) is 5.75 Å². The number of halogens is 2. The molecule has 4 nitrogen and oxygen atoms in total. The van der Waals surface area contributed by atoms with Gasteiger partial charge in [0.2, 0.25) is 0 Å². The summed E-state index contributed by atoms with van der Waals surface area (Å²) in [6.07, 6.45) is 0. The Morgan fingerprint density at radius 3 is 2.57 bits per heavy atom. The summed E-state index contributed by atoms with van der Waals surface area (Å²) in [5, 5.41) is 11.8. The molecule has 0 aromatic heterocycles. The lowest BCUT2D eigenvalue weighted by atomic mass is 10.1. The average Bonchev–Trinajstić information content (AvgIpc) is 2.40. The Balaban J connectivity index is 2.25. The Morgan fingerprint density at radius 2 is 2.00 bits per heavy atom. The maximum Gasteiger partial charge on any atom is 0.258 e. The average molecular weight is 325 g/mol. The Labute approximate surface area is 130 Å². The van der Waals surface area contributed by atoms with Crippen molar-refractivity contribution in [2.75, 3.05) is 5.32 Å². The van der Waals surface area contributed by atoms with E-state index in [0.29, 0.717) is 11.3 Å². The van der Waals surface area contributed by atoms with Crippen LogP contribution in [-0.4, -0.2) is 16.0 Å². The van der Waals surface area contributed by atoms with Gasteiger partial charge in [-0.2, -0.15) is 0 Å². The lowest BCUT2D eigenvalue weighted by Crippen LogP contribution is -2.15. The number of hydrogen-bond acceptors (Lipinski definition) is 3. The van der Waals surface area contributed by atoms with Gasteiger partial charge in [0, 0.05) is 11.6 Å². The van der Waals surface area contributed by atoms with Gasteiger partial charge in [-0.1, -0.05) is 23.8 Å². The molecular weight excluding hydrogens is 315 g/mol. The number of benzene rings is 2. The van der Waals surface area contributed by atoms with Crippen LogP contribution < -0.4 is 11.1 Å². The van der Waals surface area contributed by atoms with Gasteiger partial charge in [-0.25, -0.2) is 4.39 Å². The number of nitrogens with one attached hydrogen (secondary N) is 1. The van der Waals surface area contributed by atoms with E-state index in [2.05, 4.69) is 5.32 Å². The van der Waals surface area contributed by atoms with Gasteiger partial charge in [-0.05, 0) is 30.3 Å². The Morgan fingerprint density at radius 1 is 1.29 bits per heavy atom. The number of nitrogens with two attached hydrogens (primary N) is 1. The first-order chi connectivity index (χ1) is 9.88. The van der Waals surface area contributed by atoms with E-state index >= 15 is 0 Å². The third kappa shape index (κ3) is 3.48. The minimum Gasteiger partial charge on any atom is -0.508 e. The van der Waals surface area contributed by atoms with E-state index in [9.17, 15) is 9.18 Å². The molecule has 0 bridgehead atoms. The minimum absolute atomic E-state index is 0.180. The van der Waals surface area contributed by atoms with Gasteiger partial charge in [0.25, 0.3) is 5.91 Å². The Kier molecular flexibility index (Phi) is 4.40. The molecule has 0 saturated carbocycles. The SMILES string of the molecule is NC(=S)c1ccc(NC(=O)c2ccc(O)cc2F)c(Cl)c1. The quantitative estimate of drug-likeness (QED) is 0.758. The number of carbonyl (C=O) groups is 1. The number of phenolic OH excluding ortho intramolecular Hbond substituents is 1. The second-order valence-corrected chi connectivity index (χ2v) is 5.02. The molecule has 0 unspecified atom stereocenters. The van der Waals surface area contributed by atoms with Crippen molar-refractivity contribution in [3.8, 4) is 5.75 Å². The topological polar surface area (TPSA) is 75.3 Å². The number of rotatable bonds is 3. The summed E-state index contributed by atoms with van der Waals surface area (Å²) >= 11 is 10.8. The molecule has 2 aromatic carbocycles. The van der Waals surface area contributed by atoms with Crippen molar-refractivity contribution in [2.45, 2.75) is 0 Å². The highest BCUT2D eigenvalue weighted by atomic mass is 35.5. The van der Waals surface area contributed by atoms with Gasteiger partial charge in [-0.15, -0.1) is 0 Å². The van der Waals surface area contributed by atoms with Gasteiger partial charge in [0.05, 0.1) is 16.3 Å². The molecule has 21 heavy (non-hydrogen) atoms. The third-order valence-electron chi connectivity index (χ3n) is 2.70. The molecule has 0 aliphatic rings. The molecular formula is C14H10ClFN2O2S. The molecule has 0 spiro atoms. The zero-order valence-corrected chi connectivity index (χ0v) is 12.1. The number of hydrogen-bond donors (Lipinski definition) is 3. The van der Waals surface area contributed by atoms with Gasteiger partial charge in [-0.3, -0.25) is 4.79 Å². The number of amides is 1. The van der Waals surface area contributed by atoms with Crippen LogP contribution >= 0.6 is 23.8 Å². The summed E-state index contributed by atoms with van der Waals surface area (Å²) in [5.41, 5.74) is 6.12. The van der Waals surface area contributed by atoms with Crippen LogP contribution in [0.3, 0.4) is 0 Å². The molecule has 2 rings (SSSR count). The molecule has 0 radical (unpaired) electrons. The fourth-order valence-electron chi connectivity index (χ4n) is 1.65. The lowest BCUT2D eigenvalue weighted by molar-refractivity contribution is 0.102. The fraction of sp³-hybridized carbons (Fsp3) is 0. The number of phenols is 1. The van der Waals surface area contributed by atoms with Crippen molar-refractivity contribution < 1.29 is 14.3 Å². The maximum absolute atomic E-state index is 13.6. The largest absolute Gasteiger partial charge is 0.508 e. The van der Waals surface area contributed by atoms with E-state index in [1.54, 1.807) is 6.07 Å². The zero-order chi connectivity index (χ0) is 15.6. The smallest absolute Gasteiger partial charge is 0.258 e. The number of anilines is 1. The highest BCUT2D eigenvalue weighted by molar-refractivity contribution is 7.80. The summed E-state index contributed by atoms with van der Waals surface area (Å²) in [6.45, 7) is 0. The van der Waals surface area contributed by atoms with Crippen LogP contribution in [0, 0.1) is 5.82 Å². The van der Waals surface area contributed by atoms with Crippen molar-refractivity contribution in [3.63, 3.8) is 0 Å². The maximum atomic E-state index is 13.6. The van der Waals surface area contributed by atoms with Crippen LogP contribution in [0.4, 0.5) is 10.1 Å². The second-order valence-electron chi connectivity index (χ2n) is 4.18. The molecule has 0 aliphatic carbocycles. The predicted octanol–water partition coefficient (Wildman–Crippen LogP) is 3.07. The van der Waals surface area contributed by atoms with Gasteiger partial charge < -0.3 is 16.2 Å². The van der Waals surface area contributed by atoms with Gasteiger partial charge >= 0.3 is 0 Å². The van der Waals surface area contributed by atoms with E-state index in [0.717, 1.165) is 6.07 Å². The summed E-state index contributed by atoms with van der Waals surface area (Å²) in [7, 11) is 0. The van der Waals surface area contributed by atoms with E-state index in [-0.39, 0.29) is 21.3 Å². The first kappa shape index (κ1) is 15.2. The predicted molar refractivity (Wildman–Crippen MR) is 83.4 cm³/mol. The van der Waals surface area contributed by atoms with Crippen molar-refractivity contribution in [1.29, 1.82) is 0 Å². The van der Waals surface area contributed by atoms with Crippen molar-refractivity contribution >= 4 is 40.4 Å². The van der Waals surface area contributed by atoms with E-state index in [4.69, 9.17) is 34.7 Å². The summed E-state index contributed by atoms with van der Waals surface area (Å²) in [4.78, 5) is 12.2. The number of carbonyl (C=O) groups excluding carboxylic acids is 1. The van der Waals surface area contributed by atoms with Crippen LogP contribution in [0.15, 0.2) is 36.4 Å². The van der Waals surface area contributed by atoms with Crippen LogP contribution in [0.1, 0.15) is 15.9 Å². The number of aromatic hydroxyl groups is 1. The Hall–Kier alpha value is -2.18. The highest BCUT2D eigenvalue weighted by Crippen LogP contribution is 2.24. The van der Waals surface area contributed by atoms with Crippen LogP contribution in [0.25, 0.3) is 0 Å². The highest BCUT2D eigenvalue weighted by Gasteiger charge is 2.14. The monoisotopic (exact) mass is 324 g/mol. The van der Waals surface area contributed by atoms with Crippen molar-refractivity contribution in [3.05, 3.63) is 58.4 Å². The second kappa shape index (κ2) is 6.07. The first-order valence-electron chi connectivity index (χ1n) is 5.77. The summed E-state index contributed by atoms with van der Waals surface area (Å²) in [5.74, 6) is -1.77. The molecule has 108 valence electrons. The minimum atomic E-state index is -0.830. The van der Waals surface area contributed by atoms with E-state index < -0.39 is 11.7 Å². The molecule has 0 fully saturated rings. The van der Waals surface area contributed by atoms with Crippen LogP contribution in [-0.2, 0) is 0 Å². The zero-order valence-electron chi connectivity index (χ0n) is 10.6. The molecule has 0 aliphatic heterocycles. The standard InChI is InChI=1S/C14H10ClFN2O2S/c15-10-5-7(13(17)21)1-4-12(10)18-14(20)9-3-2-8(19)6-11(9)16/h1-6,19H,(H2,17,21)(H,18,20). The molecule has 7 heteroatoms. The van der Waals surface area contributed by atoms with E-state index in [1.807, 2.05) is 0 Å². The first-order valence-corrected chi connectivity index (χ1v) is 6.56. The summed E-state index contributed by atoms with van der Waals surface area (Å²) in [6, 6.07) is 7.87. The van der Waals surface area contributed by atoms with Crippen molar-refractivity contribution in [2.24, 2.45) is 5.73 Å². The van der Waals surface area contributed by atoms with Gasteiger partial charge in [0.1, 0.15) is 16.6 Å². The fourth-order valence-corrected chi connectivity index (χ4v) is 2.00. The Bertz CT molecular complexity index is 737. The molecule has 0 saturated heterocycles. The third-order valence-corrected chi connectivity index (χ3v) is 3.25. The molecule has 4 N–H and O–H groups in total. The van der Waals surface area contributed by atoms with Gasteiger partial charge in [0.15, 0.2) is 0 Å². The lowest BCUT2D eigenvalue weighted by Gasteiger charge is -2.09. The summed E-state index contributed by atoms with van der Waals surface area (Å²) < 4.78 is 13.6. The molecule has 1 amide bonds. The molecule has 0 heterocycles. The van der Waals surface area contributed by atoms with Crippen LogP contribution in [0.2, 0.25) is 5.02 Å². The number of thiocarbonyl (C=S) groups is 1. The molecule has 2 aromatic rings. The molecule has 0 atom stereocenters.